The van der Waals surface area contributed by atoms with Crippen LogP contribution in [0.1, 0.15) is 24.8 Å². The summed E-state index contributed by atoms with van der Waals surface area (Å²) in [4.78, 5) is 23.4. The summed E-state index contributed by atoms with van der Waals surface area (Å²) in [6.45, 7) is 5.55. The molecule has 0 saturated carbocycles. The minimum atomic E-state index is -1.04. The quantitative estimate of drug-likeness (QED) is 0.224. The molecule has 0 N–H and O–H groups in total. The Hall–Kier alpha value is -4.51. The van der Waals surface area contributed by atoms with E-state index in [2.05, 4.69) is 77.3 Å². The van der Waals surface area contributed by atoms with Gasteiger partial charge in [-0.2, -0.15) is 10.5 Å². The predicted molar refractivity (Wildman–Crippen MR) is 171 cm³/mol. The summed E-state index contributed by atoms with van der Waals surface area (Å²) in [5.41, 5.74) is 4.35. The minimum Gasteiger partial charge on any atom is -0.476 e. The molecule has 2 aromatic carbocycles. The normalized spacial score (nSPS) is 18.8. The maximum atomic E-state index is 13.9. The van der Waals surface area contributed by atoms with Gasteiger partial charge in [0.05, 0.1) is 47.8 Å². The number of rotatable bonds is 8. The fourth-order valence-electron chi connectivity index (χ4n) is 6.52. The van der Waals surface area contributed by atoms with Gasteiger partial charge < -0.3 is 19.4 Å². The van der Waals surface area contributed by atoms with Gasteiger partial charge in [-0.1, -0.05) is 30.8 Å². The average Bonchev–Trinajstić information content (AvgIpc) is 3.68. The highest BCUT2D eigenvalue weighted by Crippen LogP contribution is 2.40. The third kappa shape index (κ3) is 5.59. The molecule has 2 aliphatic heterocycles. The third-order valence-corrected chi connectivity index (χ3v) is 9.67. The molecular weight excluding hydrogens is 575 g/mol. The Bertz CT molecular complexity index is 1820. The molecule has 0 bridgehead atoms. The topological polar surface area (TPSA) is 96.5 Å². The van der Waals surface area contributed by atoms with E-state index in [0.29, 0.717) is 31.1 Å². The van der Waals surface area contributed by atoms with Gasteiger partial charge >= 0.3 is 0 Å². The monoisotopic (exact) mass is 608 g/mol. The summed E-state index contributed by atoms with van der Waals surface area (Å²) in [7, 11) is 2.09. The molecule has 2 aromatic heterocycles. The van der Waals surface area contributed by atoms with E-state index in [0.717, 1.165) is 47.1 Å². The highest BCUT2D eigenvalue weighted by molar-refractivity contribution is 7.17. The lowest BCUT2D eigenvalue weighted by atomic mass is 9.97. The molecule has 44 heavy (non-hydrogen) atoms. The number of anilines is 1. The van der Waals surface area contributed by atoms with Crippen molar-refractivity contribution in [3.05, 3.63) is 65.8 Å². The molecule has 0 spiro atoms. The summed E-state index contributed by atoms with van der Waals surface area (Å²) in [6.07, 6.45) is 2.26. The number of amides is 1. The van der Waals surface area contributed by atoms with E-state index in [1.54, 1.807) is 11.3 Å². The van der Waals surface area contributed by atoms with Crippen LogP contribution in [-0.2, 0) is 11.2 Å². The Morgan fingerprint density at radius 2 is 2.00 bits per heavy atom. The first-order chi connectivity index (χ1) is 21.4. The van der Waals surface area contributed by atoms with Gasteiger partial charge in [-0.3, -0.25) is 4.79 Å². The number of nitriles is 2. The van der Waals surface area contributed by atoms with E-state index in [9.17, 15) is 19.7 Å². The number of likely N-dealkylation sites (tertiary alicyclic amines) is 1. The van der Waals surface area contributed by atoms with Crippen LogP contribution in [-0.4, -0.2) is 72.6 Å². The number of carbonyl (C=O) groups is 1. The Balaban J connectivity index is 1.47. The molecule has 6 rings (SSSR count). The van der Waals surface area contributed by atoms with E-state index in [-0.39, 0.29) is 25.4 Å². The second-order valence-electron chi connectivity index (χ2n) is 11.4. The maximum Gasteiger partial charge on any atom is 0.282 e. The third-order valence-electron chi connectivity index (χ3n) is 8.78. The number of nitrogens with zero attached hydrogens (tertiary/aromatic N) is 6. The number of fused-ring (bicyclic) bond motifs is 2. The first-order valence-corrected chi connectivity index (χ1v) is 15.7. The Kier molecular flexibility index (Phi) is 8.47. The highest BCUT2D eigenvalue weighted by Gasteiger charge is 2.34. The van der Waals surface area contributed by atoms with E-state index >= 15 is 0 Å². The maximum absolute atomic E-state index is 13.9. The smallest absolute Gasteiger partial charge is 0.282 e. The second kappa shape index (κ2) is 12.6. The Labute approximate surface area is 260 Å². The first kappa shape index (κ1) is 29.6. The number of benzene rings is 2. The predicted octanol–water partition coefficient (Wildman–Crippen LogP) is 6.07. The largest absolute Gasteiger partial charge is 0.476 e. The van der Waals surface area contributed by atoms with Crippen LogP contribution in [0, 0.1) is 22.7 Å². The zero-order chi connectivity index (χ0) is 30.8. The van der Waals surface area contributed by atoms with Gasteiger partial charge in [0.2, 0.25) is 5.88 Å². The number of thiophene rings is 1. The van der Waals surface area contributed by atoms with Crippen LogP contribution in [0.15, 0.2) is 60.3 Å². The molecule has 0 aliphatic carbocycles. The van der Waals surface area contributed by atoms with Gasteiger partial charge in [-0.15, -0.1) is 11.3 Å². The van der Waals surface area contributed by atoms with Crippen LogP contribution in [0.2, 0.25) is 0 Å². The van der Waals surface area contributed by atoms with Gasteiger partial charge in [0.25, 0.3) is 5.91 Å². The van der Waals surface area contributed by atoms with Crippen molar-refractivity contribution in [3.8, 4) is 29.1 Å². The summed E-state index contributed by atoms with van der Waals surface area (Å²) in [5.74, 6) is -1.41. The van der Waals surface area contributed by atoms with Crippen LogP contribution < -0.4 is 9.64 Å². The van der Waals surface area contributed by atoms with E-state index in [1.165, 1.54) is 15.0 Å². The van der Waals surface area contributed by atoms with E-state index in [1.807, 2.05) is 6.07 Å². The molecule has 2 aliphatic rings. The highest BCUT2D eigenvalue weighted by atomic mass is 32.1. The molecule has 2 fully saturated rings. The summed E-state index contributed by atoms with van der Waals surface area (Å²) >= 11 is 1.70. The molecule has 2 saturated heterocycles. The number of piperazine rings is 1. The molecule has 4 heterocycles. The average molecular weight is 609 g/mol. The fraction of sp³-hybridized carbons (Fsp3) is 0.353. The van der Waals surface area contributed by atoms with Crippen molar-refractivity contribution in [2.45, 2.75) is 37.8 Å². The van der Waals surface area contributed by atoms with Crippen LogP contribution >= 0.6 is 11.3 Å². The number of likely N-dealkylation sites (N-methyl/N-ethyl adjacent to an activating group) is 1. The number of hydrogen-bond donors (Lipinski definition) is 0. The van der Waals surface area contributed by atoms with Gasteiger partial charge in [-0.25, -0.2) is 9.37 Å². The van der Waals surface area contributed by atoms with E-state index < -0.39 is 17.8 Å². The Morgan fingerprint density at radius 1 is 1.14 bits per heavy atom. The molecule has 4 aromatic rings. The zero-order valence-electron chi connectivity index (χ0n) is 24.6. The van der Waals surface area contributed by atoms with Crippen molar-refractivity contribution >= 4 is 43.9 Å². The van der Waals surface area contributed by atoms with E-state index in [4.69, 9.17) is 9.72 Å². The molecule has 10 heteroatoms. The number of halogens is 1. The summed E-state index contributed by atoms with van der Waals surface area (Å²) < 4.78 is 21.5. The molecule has 1 amide bonds. The van der Waals surface area contributed by atoms with Crippen LogP contribution in [0.4, 0.5) is 10.1 Å². The molecule has 2 unspecified atom stereocenters. The van der Waals surface area contributed by atoms with Crippen molar-refractivity contribution < 1.29 is 13.9 Å². The summed E-state index contributed by atoms with van der Waals surface area (Å²) in [6, 6.07) is 18.8. The zero-order valence-corrected chi connectivity index (χ0v) is 25.4. The van der Waals surface area contributed by atoms with Crippen LogP contribution in [0.3, 0.4) is 0 Å². The molecule has 2 atom stereocenters. The first-order valence-electron chi connectivity index (χ1n) is 14.8. The van der Waals surface area contributed by atoms with Gasteiger partial charge in [-0.05, 0) is 61.1 Å². The lowest BCUT2D eigenvalue weighted by Gasteiger charge is -2.42. The van der Waals surface area contributed by atoms with Gasteiger partial charge in [0.1, 0.15) is 6.61 Å². The number of carbonyl (C=O) groups excluding carboxylic acids is 1. The number of aromatic nitrogens is 1. The standard InChI is InChI=1S/C34H33FN6O2S/c1-22(35)34(42)41-17-16-40(20-24(41)10-13-36)32-28-9-8-23(26-6-3-7-31-27(26)12-18-44-31)19-30(28)38-33(29(32)11-14-37)43-21-25-5-4-15-39(25)2/h3,6-9,12,18-19,24-25H,1,4-5,10-11,15-17,20-21H2,2H3. The van der Waals surface area contributed by atoms with Crippen molar-refractivity contribution in [3.63, 3.8) is 0 Å². The molecule has 8 nitrogen and oxygen atoms in total. The van der Waals surface area contributed by atoms with Crippen molar-refractivity contribution in [2.75, 3.05) is 44.7 Å². The molecule has 0 radical (unpaired) electrons. The number of ether oxygens (including phenoxy) is 1. The Morgan fingerprint density at radius 3 is 2.75 bits per heavy atom. The van der Waals surface area contributed by atoms with Crippen LogP contribution in [0.5, 0.6) is 5.88 Å². The molecular formula is C34H33FN6O2S. The minimum absolute atomic E-state index is 0.0400. The number of hydrogen-bond acceptors (Lipinski definition) is 8. The van der Waals surface area contributed by atoms with Crippen LogP contribution in [0.25, 0.3) is 32.1 Å². The van der Waals surface area contributed by atoms with Crippen molar-refractivity contribution in [1.29, 1.82) is 10.5 Å². The van der Waals surface area contributed by atoms with Gasteiger partial charge in [0.15, 0.2) is 5.83 Å². The lowest BCUT2D eigenvalue weighted by molar-refractivity contribution is -0.131. The lowest BCUT2D eigenvalue weighted by Crippen LogP contribution is -2.55. The van der Waals surface area contributed by atoms with Crippen molar-refractivity contribution in [1.82, 2.24) is 14.8 Å². The van der Waals surface area contributed by atoms with Gasteiger partial charge in [0, 0.05) is 41.1 Å². The summed E-state index contributed by atoms with van der Waals surface area (Å²) in [5, 5.41) is 23.6. The van der Waals surface area contributed by atoms with Crippen molar-refractivity contribution in [2.24, 2.45) is 0 Å². The second-order valence-corrected chi connectivity index (χ2v) is 12.3. The fourth-order valence-corrected chi connectivity index (χ4v) is 7.34. The SMILES string of the molecule is C=C(F)C(=O)N1CCN(c2c(CC#N)c(OCC3CCCN3C)nc3cc(-c4cccc5sccc45)ccc23)CC1CC#N. The number of pyridine rings is 1. The molecule has 224 valence electrons.